The molecular formula is C26H22N6O. The van der Waals surface area contributed by atoms with Crippen molar-refractivity contribution in [2.45, 2.75) is 13.0 Å². The molecule has 7 heteroatoms. The van der Waals surface area contributed by atoms with E-state index in [1.807, 2.05) is 55.5 Å². The van der Waals surface area contributed by atoms with Crippen molar-refractivity contribution in [3.63, 3.8) is 0 Å². The molecule has 0 aliphatic rings. The summed E-state index contributed by atoms with van der Waals surface area (Å²) in [5.41, 5.74) is 11.2. The summed E-state index contributed by atoms with van der Waals surface area (Å²) in [5.74, 6) is -0.207. The van der Waals surface area contributed by atoms with E-state index in [-0.39, 0.29) is 23.3 Å². The van der Waals surface area contributed by atoms with Gasteiger partial charge < -0.3 is 11.1 Å². The van der Waals surface area contributed by atoms with Gasteiger partial charge in [-0.2, -0.15) is 0 Å². The minimum absolute atomic E-state index is 0.133. The molecule has 0 saturated heterocycles. The zero-order chi connectivity index (χ0) is 22.9. The maximum atomic E-state index is 13.2. The zero-order valence-electron chi connectivity index (χ0n) is 18.1. The van der Waals surface area contributed by atoms with Crippen molar-refractivity contribution in [3.05, 3.63) is 96.3 Å². The number of nitrogens with zero attached hydrogens (tertiary/aromatic N) is 4. The van der Waals surface area contributed by atoms with Gasteiger partial charge in [-0.25, -0.2) is 14.5 Å². The molecule has 162 valence electrons. The third-order valence-electron chi connectivity index (χ3n) is 5.64. The fraction of sp³-hybridized carbons (Fsp3) is 0.0769. The Morgan fingerprint density at radius 1 is 1.15 bits per heavy atom. The van der Waals surface area contributed by atoms with Crippen LogP contribution in [0.15, 0.2) is 79.6 Å². The Morgan fingerprint density at radius 3 is 2.76 bits per heavy atom. The van der Waals surface area contributed by atoms with E-state index in [4.69, 9.17) is 10.7 Å². The Balaban J connectivity index is 1.60. The molecule has 0 bridgehead atoms. The van der Waals surface area contributed by atoms with Crippen LogP contribution in [0.1, 0.15) is 34.5 Å². The van der Waals surface area contributed by atoms with Gasteiger partial charge in [0.25, 0.3) is 5.91 Å². The summed E-state index contributed by atoms with van der Waals surface area (Å²) >= 11 is 0. The number of hydrogen-bond acceptors (Lipinski definition) is 5. The highest BCUT2D eigenvalue weighted by atomic mass is 16.1. The number of nitrogen functional groups attached to an aromatic ring is 1. The maximum Gasteiger partial charge on any atom is 0.259 e. The highest BCUT2D eigenvalue weighted by Gasteiger charge is 2.23. The quantitative estimate of drug-likeness (QED) is 0.419. The highest BCUT2D eigenvalue weighted by molar-refractivity contribution is 6.04. The summed E-state index contributed by atoms with van der Waals surface area (Å²) < 4.78 is 1.50. The van der Waals surface area contributed by atoms with Crippen LogP contribution >= 0.6 is 0 Å². The number of nitrogens with two attached hydrogens (primary N) is 1. The summed E-state index contributed by atoms with van der Waals surface area (Å²) in [4.78, 5) is 22.5. The number of hydrogen-bond donors (Lipinski definition) is 2. The molecule has 1 atom stereocenters. The Bertz CT molecular complexity index is 1510. The molecule has 3 heterocycles. The number of carbonyl (C=O) groups excluding carboxylic acids is 1. The van der Waals surface area contributed by atoms with E-state index >= 15 is 0 Å². The second kappa shape index (κ2) is 8.20. The van der Waals surface area contributed by atoms with E-state index in [9.17, 15) is 4.79 Å². The molecule has 7 nitrogen and oxygen atoms in total. The first kappa shape index (κ1) is 20.4. The molecule has 2 aromatic carbocycles. The Morgan fingerprint density at radius 2 is 1.97 bits per heavy atom. The summed E-state index contributed by atoms with van der Waals surface area (Å²) in [7, 11) is 0. The van der Waals surface area contributed by atoms with Gasteiger partial charge in [-0.1, -0.05) is 61.2 Å². The number of amides is 1. The lowest BCUT2D eigenvalue weighted by Crippen LogP contribution is -2.28. The van der Waals surface area contributed by atoms with Crippen molar-refractivity contribution in [1.29, 1.82) is 0 Å². The molecule has 0 aliphatic carbocycles. The van der Waals surface area contributed by atoms with Crippen LogP contribution in [0.3, 0.4) is 0 Å². The first-order valence-electron chi connectivity index (χ1n) is 10.6. The van der Waals surface area contributed by atoms with Crippen LogP contribution < -0.4 is 11.1 Å². The van der Waals surface area contributed by atoms with Crippen LogP contribution in [0.4, 0.5) is 5.82 Å². The molecule has 3 aromatic heterocycles. The summed E-state index contributed by atoms with van der Waals surface area (Å²) in [6, 6.07) is 19.3. The van der Waals surface area contributed by atoms with Gasteiger partial charge in [-0.05, 0) is 19.1 Å². The van der Waals surface area contributed by atoms with Crippen molar-refractivity contribution in [3.8, 4) is 11.3 Å². The first-order valence-corrected chi connectivity index (χ1v) is 10.6. The van der Waals surface area contributed by atoms with Crippen molar-refractivity contribution < 1.29 is 4.79 Å². The number of anilines is 1. The first-order chi connectivity index (χ1) is 16.1. The number of aromatic nitrogens is 4. The molecular weight excluding hydrogens is 412 g/mol. The Labute approximate surface area is 190 Å². The topological polar surface area (TPSA) is 98.2 Å². The summed E-state index contributed by atoms with van der Waals surface area (Å²) in [6.45, 7) is 5.85. The van der Waals surface area contributed by atoms with Crippen LogP contribution in [0.5, 0.6) is 0 Å². The molecule has 3 N–H and O–H groups in total. The van der Waals surface area contributed by atoms with Crippen molar-refractivity contribution >= 4 is 34.4 Å². The van der Waals surface area contributed by atoms with Crippen LogP contribution in [0.2, 0.25) is 0 Å². The minimum Gasteiger partial charge on any atom is -0.381 e. The number of carbonyl (C=O) groups is 1. The molecule has 0 spiro atoms. The summed E-state index contributed by atoms with van der Waals surface area (Å²) in [5, 5.41) is 8.22. The molecule has 1 amide bonds. The fourth-order valence-corrected chi connectivity index (χ4v) is 4.03. The predicted molar refractivity (Wildman–Crippen MR) is 131 cm³/mol. The van der Waals surface area contributed by atoms with Gasteiger partial charge in [0, 0.05) is 34.5 Å². The van der Waals surface area contributed by atoms with Crippen LogP contribution in [-0.2, 0) is 0 Å². The van der Waals surface area contributed by atoms with Crippen molar-refractivity contribution in [1.82, 2.24) is 24.9 Å². The molecule has 5 rings (SSSR count). The number of fused-ring (bicyclic) bond motifs is 2. The van der Waals surface area contributed by atoms with Gasteiger partial charge >= 0.3 is 0 Å². The molecule has 5 aromatic rings. The normalized spacial score (nSPS) is 12.0. The average Bonchev–Trinajstić information content (AvgIpc) is 3.19. The number of para-hydroxylation sites is 1. The molecule has 33 heavy (non-hydrogen) atoms. The smallest absolute Gasteiger partial charge is 0.259 e. The SMILES string of the molecule is C=Cc1cccc2cc(C(C)NC(=O)c3c(N)nn4cccnc34)c(-c3ccccc3)nc12. The van der Waals surface area contributed by atoms with E-state index < -0.39 is 0 Å². The number of benzene rings is 2. The second-order valence-corrected chi connectivity index (χ2v) is 7.76. The highest BCUT2D eigenvalue weighted by Crippen LogP contribution is 2.31. The molecule has 1 unspecified atom stereocenters. The lowest BCUT2D eigenvalue weighted by molar-refractivity contribution is 0.0942. The Kier molecular flexibility index (Phi) is 5.06. The third-order valence-corrected chi connectivity index (χ3v) is 5.64. The number of nitrogens with one attached hydrogen (secondary N) is 1. The van der Waals surface area contributed by atoms with Gasteiger partial charge in [0.15, 0.2) is 11.5 Å². The van der Waals surface area contributed by atoms with E-state index in [0.29, 0.717) is 5.65 Å². The Hall–Kier alpha value is -4.52. The zero-order valence-corrected chi connectivity index (χ0v) is 18.1. The van der Waals surface area contributed by atoms with E-state index in [1.165, 1.54) is 4.52 Å². The van der Waals surface area contributed by atoms with Crippen molar-refractivity contribution in [2.75, 3.05) is 5.73 Å². The summed E-state index contributed by atoms with van der Waals surface area (Å²) in [6.07, 6.45) is 5.11. The van der Waals surface area contributed by atoms with Crippen LogP contribution in [0.25, 0.3) is 33.9 Å². The van der Waals surface area contributed by atoms with E-state index in [2.05, 4.69) is 28.0 Å². The molecule has 0 fully saturated rings. The van der Waals surface area contributed by atoms with Crippen LogP contribution in [-0.4, -0.2) is 25.5 Å². The van der Waals surface area contributed by atoms with Gasteiger partial charge in [0.1, 0.15) is 5.56 Å². The largest absolute Gasteiger partial charge is 0.381 e. The van der Waals surface area contributed by atoms with E-state index in [0.717, 1.165) is 33.3 Å². The molecule has 0 aliphatic heterocycles. The third kappa shape index (κ3) is 3.59. The van der Waals surface area contributed by atoms with Gasteiger partial charge in [0.05, 0.1) is 17.3 Å². The molecule has 0 radical (unpaired) electrons. The standard InChI is InChI=1S/C26H22N6O/c1-3-17-11-7-12-19-15-20(23(30-22(17)19)18-9-5-4-6-10-18)16(2)29-26(33)21-24(27)31-32-14-8-13-28-25(21)32/h3-16H,1H2,2H3,(H2,27,31)(H,29,33). The average molecular weight is 435 g/mol. The molecule has 0 saturated carbocycles. The lowest BCUT2D eigenvalue weighted by atomic mass is 9.97. The lowest BCUT2D eigenvalue weighted by Gasteiger charge is -2.19. The number of rotatable bonds is 5. The van der Waals surface area contributed by atoms with Gasteiger partial charge in [-0.3, -0.25) is 4.79 Å². The fourth-order valence-electron chi connectivity index (χ4n) is 4.03. The minimum atomic E-state index is -0.352. The van der Waals surface area contributed by atoms with E-state index in [1.54, 1.807) is 24.5 Å². The predicted octanol–water partition coefficient (Wildman–Crippen LogP) is 4.66. The van der Waals surface area contributed by atoms with Crippen LogP contribution in [0, 0.1) is 0 Å². The monoisotopic (exact) mass is 434 g/mol. The van der Waals surface area contributed by atoms with Crippen molar-refractivity contribution in [2.24, 2.45) is 0 Å². The van der Waals surface area contributed by atoms with Gasteiger partial charge in [-0.15, -0.1) is 5.10 Å². The maximum absolute atomic E-state index is 13.2. The van der Waals surface area contributed by atoms with Gasteiger partial charge in [0.2, 0.25) is 0 Å². The second-order valence-electron chi connectivity index (χ2n) is 7.76. The number of pyridine rings is 1.